The molecular weight excluding hydrogens is 330 g/mol. The third-order valence-electron chi connectivity index (χ3n) is 3.54. The molecule has 1 amide bonds. The number of aromatic nitrogens is 1. The molecule has 0 atom stereocenters. The minimum Gasteiger partial charge on any atom is -0.338 e. The van der Waals surface area contributed by atoms with Crippen LogP contribution in [0.3, 0.4) is 0 Å². The van der Waals surface area contributed by atoms with Gasteiger partial charge in [-0.2, -0.15) is 0 Å². The number of carbonyl (C=O) groups is 1. The number of nitro groups is 1. The van der Waals surface area contributed by atoms with E-state index in [1.54, 1.807) is 11.1 Å². The van der Waals surface area contributed by atoms with Crippen molar-refractivity contribution in [3.05, 3.63) is 69.0 Å². The maximum atomic E-state index is 12.8. The fraction of sp³-hybridized carbons (Fsp3) is 0.294. The predicted octanol–water partition coefficient (Wildman–Crippen LogP) is 3.74. The molecule has 6 nitrogen and oxygen atoms in total. The molecule has 0 N–H and O–H groups in total. The second-order valence-corrected chi connectivity index (χ2v) is 5.69. The number of non-ortho nitro benzene ring substituents is 1. The van der Waals surface area contributed by atoms with Crippen LogP contribution in [0.15, 0.2) is 42.6 Å². The van der Waals surface area contributed by atoms with Gasteiger partial charge in [0, 0.05) is 43.5 Å². The first kappa shape index (κ1) is 17.9. The van der Waals surface area contributed by atoms with E-state index in [-0.39, 0.29) is 22.2 Å². The van der Waals surface area contributed by atoms with Gasteiger partial charge in [-0.1, -0.05) is 24.6 Å². The van der Waals surface area contributed by atoms with E-state index < -0.39 is 4.92 Å². The molecule has 0 aliphatic heterocycles. The summed E-state index contributed by atoms with van der Waals surface area (Å²) >= 11 is 6.07. The Balaban J connectivity index is 2.19. The fourth-order valence-electron chi connectivity index (χ4n) is 2.34. The zero-order chi connectivity index (χ0) is 17.5. The lowest BCUT2D eigenvalue weighted by molar-refractivity contribution is -0.384. The number of rotatable bonds is 7. The average Bonchev–Trinajstić information content (AvgIpc) is 2.59. The van der Waals surface area contributed by atoms with Crippen LogP contribution < -0.4 is 0 Å². The number of amides is 1. The van der Waals surface area contributed by atoms with E-state index in [1.807, 2.05) is 25.1 Å². The van der Waals surface area contributed by atoms with Crippen molar-refractivity contribution in [2.45, 2.75) is 19.8 Å². The molecular formula is C17H18ClN3O3. The summed E-state index contributed by atoms with van der Waals surface area (Å²) in [6, 6.07) is 9.53. The van der Waals surface area contributed by atoms with Crippen molar-refractivity contribution >= 4 is 23.2 Å². The molecule has 1 heterocycles. The molecule has 0 bridgehead atoms. The van der Waals surface area contributed by atoms with Gasteiger partial charge in [-0.15, -0.1) is 0 Å². The standard InChI is InChI=1S/C17H18ClN3O3/c1-2-10-20(11-8-13-5-3-4-9-19-13)17(22)15-12-14(21(23)24)6-7-16(15)18/h3-7,9,12H,2,8,10-11H2,1H3. The summed E-state index contributed by atoms with van der Waals surface area (Å²) < 4.78 is 0. The van der Waals surface area contributed by atoms with Crippen molar-refractivity contribution in [2.75, 3.05) is 13.1 Å². The first-order valence-corrected chi connectivity index (χ1v) is 8.04. The molecule has 0 spiro atoms. The van der Waals surface area contributed by atoms with Crippen LogP contribution in [0, 0.1) is 10.1 Å². The Morgan fingerprint density at radius 2 is 2.08 bits per heavy atom. The van der Waals surface area contributed by atoms with Crippen LogP contribution in [0.25, 0.3) is 0 Å². The summed E-state index contributed by atoms with van der Waals surface area (Å²) in [5, 5.41) is 11.1. The SMILES string of the molecule is CCCN(CCc1ccccn1)C(=O)c1cc([N+](=O)[O-])ccc1Cl. The summed E-state index contributed by atoms with van der Waals surface area (Å²) in [7, 11) is 0. The average molecular weight is 348 g/mol. The zero-order valence-corrected chi connectivity index (χ0v) is 14.1. The number of benzene rings is 1. The number of pyridine rings is 1. The minimum absolute atomic E-state index is 0.149. The lowest BCUT2D eigenvalue weighted by atomic mass is 10.1. The summed E-state index contributed by atoms with van der Waals surface area (Å²) in [4.78, 5) is 29.0. The molecule has 1 aromatic heterocycles. The first-order valence-electron chi connectivity index (χ1n) is 7.66. The highest BCUT2D eigenvalue weighted by molar-refractivity contribution is 6.33. The number of nitro benzene ring substituents is 1. The summed E-state index contributed by atoms with van der Waals surface area (Å²) in [5.41, 5.74) is 0.890. The van der Waals surface area contributed by atoms with Gasteiger partial charge >= 0.3 is 0 Å². The monoisotopic (exact) mass is 347 g/mol. The Labute approximate surface area is 145 Å². The minimum atomic E-state index is -0.537. The van der Waals surface area contributed by atoms with Gasteiger partial charge in [0.25, 0.3) is 11.6 Å². The number of hydrogen-bond acceptors (Lipinski definition) is 4. The molecule has 0 unspecified atom stereocenters. The summed E-state index contributed by atoms with van der Waals surface area (Å²) in [6.07, 6.45) is 3.10. The van der Waals surface area contributed by atoms with E-state index in [0.717, 1.165) is 12.1 Å². The van der Waals surface area contributed by atoms with Gasteiger partial charge in [0.2, 0.25) is 0 Å². The normalized spacial score (nSPS) is 10.4. The van der Waals surface area contributed by atoms with Gasteiger partial charge in [-0.05, 0) is 24.6 Å². The van der Waals surface area contributed by atoms with Gasteiger partial charge in [0.1, 0.15) is 0 Å². The van der Waals surface area contributed by atoms with E-state index in [1.165, 1.54) is 18.2 Å². The predicted molar refractivity (Wildman–Crippen MR) is 92.2 cm³/mol. The molecule has 2 aromatic rings. The Hall–Kier alpha value is -2.47. The van der Waals surface area contributed by atoms with Crippen LogP contribution in [0.1, 0.15) is 29.4 Å². The Kier molecular flexibility index (Phi) is 6.26. The van der Waals surface area contributed by atoms with Crippen molar-refractivity contribution in [2.24, 2.45) is 0 Å². The van der Waals surface area contributed by atoms with Crippen LogP contribution in [0.4, 0.5) is 5.69 Å². The lowest BCUT2D eigenvalue weighted by Crippen LogP contribution is -2.34. The molecule has 0 fully saturated rings. The van der Waals surface area contributed by atoms with E-state index >= 15 is 0 Å². The van der Waals surface area contributed by atoms with Crippen LogP contribution in [-0.2, 0) is 6.42 Å². The van der Waals surface area contributed by atoms with E-state index in [2.05, 4.69) is 4.98 Å². The molecule has 0 saturated heterocycles. The summed E-state index contributed by atoms with van der Waals surface area (Å²) in [5.74, 6) is -0.304. The van der Waals surface area contributed by atoms with Gasteiger partial charge in [-0.3, -0.25) is 19.9 Å². The van der Waals surface area contributed by atoms with Crippen LogP contribution in [-0.4, -0.2) is 33.8 Å². The smallest absolute Gasteiger partial charge is 0.270 e. The van der Waals surface area contributed by atoms with Crippen molar-refractivity contribution in [3.63, 3.8) is 0 Å². The van der Waals surface area contributed by atoms with Crippen LogP contribution in [0.2, 0.25) is 5.02 Å². The molecule has 0 radical (unpaired) electrons. The molecule has 7 heteroatoms. The molecule has 126 valence electrons. The maximum Gasteiger partial charge on any atom is 0.270 e. The largest absolute Gasteiger partial charge is 0.338 e. The Morgan fingerprint density at radius 1 is 1.29 bits per heavy atom. The highest BCUT2D eigenvalue weighted by Gasteiger charge is 2.21. The lowest BCUT2D eigenvalue weighted by Gasteiger charge is -2.22. The van der Waals surface area contributed by atoms with Crippen molar-refractivity contribution in [1.82, 2.24) is 9.88 Å². The molecule has 1 aromatic carbocycles. The van der Waals surface area contributed by atoms with E-state index in [9.17, 15) is 14.9 Å². The topological polar surface area (TPSA) is 76.3 Å². The number of halogens is 1. The number of hydrogen-bond donors (Lipinski definition) is 0. The Morgan fingerprint density at radius 3 is 2.71 bits per heavy atom. The third-order valence-corrected chi connectivity index (χ3v) is 3.87. The maximum absolute atomic E-state index is 12.8. The first-order chi connectivity index (χ1) is 11.5. The molecule has 24 heavy (non-hydrogen) atoms. The zero-order valence-electron chi connectivity index (χ0n) is 13.3. The molecule has 0 aliphatic carbocycles. The van der Waals surface area contributed by atoms with Crippen LogP contribution >= 0.6 is 11.6 Å². The fourth-order valence-corrected chi connectivity index (χ4v) is 2.54. The molecule has 0 saturated carbocycles. The second kappa shape index (κ2) is 8.40. The van der Waals surface area contributed by atoms with Gasteiger partial charge in [0.15, 0.2) is 0 Å². The summed E-state index contributed by atoms with van der Waals surface area (Å²) in [6.45, 7) is 2.99. The van der Waals surface area contributed by atoms with Crippen molar-refractivity contribution < 1.29 is 9.72 Å². The van der Waals surface area contributed by atoms with Crippen molar-refractivity contribution in [1.29, 1.82) is 0 Å². The highest BCUT2D eigenvalue weighted by Crippen LogP contribution is 2.23. The molecule has 2 rings (SSSR count). The molecule has 0 aliphatic rings. The van der Waals surface area contributed by atoms with Gasteiger partial charge in [0.05, 0.1) is 15.5 Å². The third kappa shape index (κ3) is 4.52. The van der Waals surface area contributed by atoms with E-state index in [4.69, 9.17) is 11.6 Å². The van der Waals surface area contributed by atoms with Gasteiger partial charge < -0.3 is 4.90 Å². The quantitative estimate of drug-likeness (QED) is 0.564. The Bertz CT molecular complexity index is 722. The van der Waals surface area contributed by atoms with Crippen LogP contribution in [0.5, 0.6) is 0 Å². The second-order valence-electron chi connectivity index (χ2n) is 5.28. The number of carbonyl (C=O) groups excluding carboxylic acids is 1. The highest BCUT2D eigenvalue weighted by atomic mass is 35.5. The number of nitrogens with zero attached hydrogens (tertiary/aromatic N) is 3. The van der Waals surface area contributed by atoms with Gasteiger partial charge in [-0.25, -0.2) is 0 Å². The van der Waals surface area contributed by atoms with Crippen molar-refractivity contribution in [3.8, 4) is 0 Å². The van der Waals surface area contributed by atoms with E-state index in [0.29, 0.717) is 19.5 Å².